The van der Waals surface area contributed by atoms with Crippen molar-refractivity contribution in [2.24, 2.45) is 0 Å². The van der Waals surface area contributed by atoms with E-state index in [9.17, 15) is 13.2 Å². The first-order valence-corrected chi connectivity index (χ1v) is 10.7. The lowest BCUT2D eigenvalue weighted by molar-refractivity contribution is -0.125. The van der Waals surface area contributed by atoms with Gasteiger partial charge >= 0.3 is 0 Å². The zero-order chi connectivity index (χ0) is 18.7. The van der Waals surface area contributed by atoms with Gasteiger partial charge in [-0.2, -0.15) is 4.31 Å². The fraction of sp³-hybridized carbons (Fsp3) is 0.611. The smallest absolute Gasteiger partial charge is 0.238 e. The van der Waals surface area contributed by atoms with E-state index in [2.05, 4.69) is 5.32 Å². The minimum Gasteiger partial charge on any atom is -0.454 e. The number of nitrogens with one attached hydrogen (secondary N) is 1. The molecule has 1 amide bonds. The zero-order valence-electron chi connectivity index (χ0n) is 15.2. The highest BCUT2D eigenvalue weighted by atomic mass is 32.2. The van der Waals surface area contributed by atoms with Crippen molar-refractivity contribution in [3.05, 3.63) is 23.8 Å². The molecule has 0 aliphatic carbocycles. The molecule has 0 unspecified atom stereocenters. The molecule has 2 aliphatic rings. The molecule has 0 saturated carbocycles. The van der Waals surface area contributed by atoms with E-state index in [4.69, 9.17) is 9.47 Å². The molecule has 2 atom stereocenters. The first-order chi connectivity index (χ1) is 12.4. The van der Waals surface area contributed by atoms with Crippen LogP contribution in [-0.2, 0) is 14.8 Å². The topological polar surface area (TPSA) is 84.9 Å². The number of carbonyl (C=O) groups excluding carboxylic acids is 1. The summed E-state index contributed by atoms with van der Waals surface area (Å²) in [7, 11) is -3.33. The van der Waals surface area contributed by atoms with Crippen LogP contribution in [-0.4, -0.2) is 43.8 Å². The van der Waals surface area contributed by atoms with Gasteiger partial charge in [0.05, 0.1) is 11.8 Å². The van der Waals surface area contributed by atoms with Crippen LogP contribution in [0, 0.1) is 0 Å². The summed E-state index contributed by atoms with van der Waals surface area (Å²) < 4.78 is 36.6. The predicted molar refractivity (Wildman–Crippen MR) is 97.5 cm³/mol. The lowest BCUT2D eigenvalue weighted by Gasteiger charge is -2.27. The molecule has 1 N–H and O–H groups in total. The second-order valence-electron chi connectivity index (χ2n) is 6.78. The number of sulfonamides is 1. The fourth-order valence-electron chi connectivity index (χ4n) is 3.39. The van der Waals surface area contributed by atoms with Gasteiger partial charge in [-0.15, -0.1) is 0 Å². The predicted octanol–water partition coefficient (Wildman–Crippen LogP) is 2.19. The number of hydrogen-bond acceptors (Lipinski definition) is 5. The molecule has 1 saturated heterocycles. The maximum atomic E-state index is 12.9. The summed E-state index contributed by atoms with van der Waals surface area (Å²) >= 11 is 0. The SMILES string of the molecule is CCCC[C@H](C(=O)N[C@H](C)c1ccc2c(c1)OCO2)N1CCCS1(=O)=O. The second-order valence-corrected chi connectivity index (χ2v) is 8.82. The van der Waals surface area contributed by atoms with E-state index >= 15 is 0 Å². The minimum absolute atomic E-state index is 0.126. The molecule has 7 nitrogen and oxygen atoms in total. The van der Waals surface area contributed by atoms with E-state index in [0.29, 0.717) is 30.9 Å². The third kappa shape index (κ3) is 3.96. The summed E-state index contributed by atoms with van der Waals surface area (Å²) in [4.78, 5) is 12.9. The van der Waals surface area contributed by atoms with E-state index in [0.717, 1.165) is 18.4 Å². The van der Waals surface area contributed by atoms with Gasteiger partial charge in [-0.25, -0.2) is 8.42 Å². The molecule has 1 aromatic carbocycles. The van der Waals surface area contributed by atoms with Crippen LogP contribution in [0.1, 0.15) is 51.1 Å². The Morgan fingerprint density at radius 3 is 2.77 bits per heavy atom. The normalized spacial score (nSPS) is 20.7. The van der Waals surface area contributed by atoms with Gasteiger partial charge in [-0.05, 0) is 37.5 Å². The number of unbranched alkanes of at least 4 members (excludes halogenated alkanes) is 1. The third-order valence-corrected chi connectivity index (χ3v) is 6.83. The zero-order valence-corrected chi connectivity index (χ0v) is 16.0. The Bertz CT molecular complexity index is 765. The van der Waals surface area contributed by atoms with Crippen LogP contribution < -0.4 is 14.8 Å². The van der Waals surface area contributed by atoms with Crippen LogP contribution in [0.2, 0.25) is 0 Å². The molecule has 3 rings (SSSR count). The van der Waals surface area contributed by atoms with Gasteiger partial charge in [0.15, 0.2) is 11.5 Å². The number of ether oxygens (including phenoxy) is 2. The quantitative estimate of drug-likeness (QED) is 0.781. The van der Waals surface area contributed by atoms with Gasteiger partial charge in [0.2, 0.25) is 22.7 Å². The van der Waals surface area contributed by atoms with Crippen molar-refractivity contribution < 1.29 is 22.7 Å². The van der Waals surface area contributed by atoms with Crippen molar-refractivity contribution in [2.45, 2.75) is 51.6 Å². The monoisotopic (exact) mass is 382 g/mol. The Balaban J connectivity index is 1.72. The molecular weight excluding hydrogens is 356 g/mol. The van der Waals surface area contributed by atoms with Crippen LogP contribution in [0.15, 0.2) is 18.2 Å². The molecule has 26 heavy (non-hydrogen) atoms. The highest BCUT2D eigenvalue weighted by Crippen LogP contribution is 2.34. The number of rotatable bonds is 7. The Hall–Kier alpha value is -1.80. The van der Waals surface area contributed by atoms with Crippen LogP contribution >= 0.6 is 0 Å². The lowest BCUT2D eigenvalue weighted by atomic mass is 10.1. The third-order valence-electron chi connectivity index (χ3n) is 4.87. The highest BCUT2D eigenvalue weighted by Gasteiger charge is 2.38. The largest absolute Gasteiger partial charge is 0.454 e. The highest BCUT2D eigenvalue weighted by molar-refractivity contribution is 7.89. The molecule has 0 aromatic heterocycles. The van der Waals surface area contributed by atoms with E-state index in [1.807, 2.05) is 32.0 Å². The summed E-state index contributed by atoms with van der Waals surface area (Å²) in [6, 6.07) is 4.65. The van der Waals surface area contributed by atoms with Crippen LogP contribution in [0.3, 0.4) is 0 Å². The standard InChI is InChI=1S/C18H26N2O5S/c1-3-4-6-15(20-9-5-10-26(20,22)23)18(21)19-13(2)14-7-8-16-17(11-14)25-12-24-16/h7-8,11,13,15H,3-6,9-10,12H2,1-2H3,(H,19,21)/t13-,15-/m1/s1. The number of nitrogens with zero attached hydrogens (tertiary/aromatic N) is 1. The van der Waals surface area contributed by atoms with E-state index in [1.165, 1.54) is 4.31 Å². The van der Waals surface area contributed by atoms with Gasteiger partial charge in [0, 0.05) is 6.54 Å². The molecular formula is C18H26N2O5S. The van der Waals surface area contributed by atoms with Crippen molar-refractivity contribution in [1.82, 2.24) is 9.62 Å². The summed E-state index contributed by atoms with van der Waals surface area (Å²) in [5.41, 5.74) is 0.890. The number of carbonyl (C=O) groups is 1. The van der Waals surface area contributed by atoms with Gasteiger partial charge in [-0.1, -0.05) is 25.8 Å². The Kier molecular flexibility index (Phi) is 5.72. The van der Waals surface area contributed by atoms with Gasteiger partial charge < -0.3 is 14.8 Å². The van der Waals surface area contributed by atoms with Crippen molar-refractivity contribution in [3.8, 4) is 11.5 Å². The van der Waals surface area contributed by atoms with Crippen molar-refractivity contribution in [2.75, 3.05) is 19.1 Å². The second kappa shape index (κ2) is 7.84. The molecule has 1 aromatic rings. The van der Waals surface area contributed by atoms with Crippen molar-refractivity contribution in [3.63, 3.8) is 0 Å². The molecule has 0 radical (unpaired) electrons. The van der Waals surface area contributed by atoms with Crippen molar-refractivity contribution in [1.29, 1.82) is 0 Å². The molecule has 2 aliphatic heterocycles. The first kappa shape index (κ1) is 19.0. The number of benzene rings is 1. The average molecular weight is 382 g/mol. The molecule has 2 heterocycles. The van der Waals surface area contributed by atoms with Gasteiger partial charge in [0.1, 0.15) is 6.04 Å². The lowest BCUT2D eigenvalue weighted by Crippen LogP contribution is -2.48. The molecule has 1 fully saturated rings. The Morgan fingerprint density at radius 1 is 1.31 bits per heavy atom. The van der Waals surface area contributed by atoms with Crippen molar-refractivity contribution >= 4 is 15.9 Å². The number of hydrogen-bond donors (Lipinski definition) is 1. The van der Waals surface area contributed by atoms with E-state index in [1.54, 1.807) is 0 Å². The maximum Gasteiger partial charge on any atom is 0.238 e. The average Bonchev–Trinajstić information content (AvgIpc) is 3.20. The van der Waals surface area contributed by atoms with Crippen LogP contribution in [0.25, 0.3) is 0 Å². The molecule has 0 spiro atoms. The molecule has 0 bridgehead atoms. The summed E-state index contributed by atoms with van der Waals surface area (Å²) in [6.45, 7) is 4.53. The van der Waals surface area contributed by atoms with Gasteiger partial charge in [-0.3, -0.25) is 4.79 Å². The summed E-state index contributed by atoms with van der Waals surface area (Å²) in [5.74, 6) is 1.24. The first-order valence-electron chi connectivity index (χ1n) is 9.12. The Labute approximate surface area is 154 Å². The summed E-state index contributed by atoms with van der Waals surface area (Å²) in [5, 5.41) is 2.97. The molecule has 8 heteroatoms. The van der Waals surface area contributed by atoms with E-state index in [-0.39, 0.29) is 24.5 Å². The molecule has 144 valence electrons. The Morgan fingerprint density at radius 2 is 2.08 bits per heavy atom. The number of amides is 1. The fourth-order valence-corrected chi connectivity index (χ4v) is 5.11. The maximum absolute atomic E-state index is 12.9. The van der Waals surface area contributed by atoms with Crippen LogP contribution in [0.5, 0.6) is 11.5 Å². The van der Waals surface area contributed by atoms with Gasteiger partial charge in [0.25, 0.3) is 0 Å². The van der Waals surface area contributed by atoms with Crippen LogP contribution in [0.4, 0.5) is 0 Å². The van der Waals surface area contributed by atoms with E-state index < -0.39 is 16.1 Å². The summed E-state index contributed by atoms with van der Waals surface area (Å²) in [6.07, 6.45) is 2.84. The minimum atomic E-state index is -3.33. The number of fused-ring (bicyclic) bond motifs is 1.